The molecule has 150 valence electrons. The predicted octanol–water partition coefficient (Wildman–Crippen LogP) is 6.72. The molecule has 0 aliphatic rings. The third kappa shape index (κ3) is 5.99. The van der Waals surface area contributed by atoms with E-state index in [1.54, 1.807) is 36.4 Å². The average Bonchev–Trinajstić information content (AvgIpc) is 2.74. The van der Waals surface area contributed by atoms with Gasteiger partial charge >= 0.3 is 0 Å². The molecular weight excluding hydrogens is 534 g/mol. The fourth-order valence-electron chi connectivity index (χ4n) is 2.53. The van der Waals surface area contributed by atoms with Crippen LogP contribution < -0.4 is 10.1 Å². The Kier molecular flexibility index (Phi) is 7.75. The standard InChI is InChI=1S/C23H15Cl2IN2O2/c24-18-8-5-15(6-9-18)14-30-22-10-7-16(12-19(22)25)11-17(13-27)23(29)28-21-4-2-1-3-20(21)26/h1-12H,14H2,(H,28,29)/b17-11-. The minimum atomic E-state index is -0.485. The molecule has 0 saturated heterocycles. The zero-order valence-corrected chi connectivity index (χ0v) is 19.2. The number of nitrogens with one attached hydrogen (secondary N) is 1. The number of ether oxygens (including phenoxy) is 1. The van der Waals surface area contributed by atoms with Gasteiger partial charge in [0.05, 0.1) is 10.7 Å². The lowest BCUT2D eigenvalue weighted by atomic mass is 10.1. The summed E-state index contributed by atoms with van der Waals surface area (Å²) < 4.78 is 6.63. The highest BCUT2D eigenvalue weighted by molar-refractivity contribution is 14.1. The fourth-order valence-corrected chi connectivity index (χ4v) is 3.42. The van der Waals surface area contributed by atoms with E-state index in [9.17, 15) is 10.1 Å². The van der Waals surface area contributed by atoms with Crippen molar-refractivity contribution in [1.29, 1.82) is 5.26 Å². The third-order valence-corrected chi connectivity index (χ3v) is 5.55. The molecule has 0 aliphatic carbocycles. The average molecular weight is 549 g/mol. The largest absolute Gasteiger partial charge is 0.487 e. The quantitative estimate of drug-likeness (QED) is 0.211. The summed E-state index contributed by atoms with van der Waals surface area (Å²) in [5.41, 5.74) is 2.19. The fraction of sp³-hybridized carbons (Fsp3) is 0.0435. The summed E-state index contributed by atoms with van der Waals surface area (Å²) in [4.78, 5) is 12.5. The van der Waals surface area contributed by atoms with Crippen LogP contribution in [0.25, 0.3) is 6.08 Å². The highest BCUT2D eigenvalue weighted by Crippen LogP contribution is 2.27. The van der Waals surface area contributed by atoms with E-state index in [2.05, 4.69) is 27.9 Å². The molecule has 30 heavy (non-hydrogen) atoms. The van der Waals surface area contributed by atoms with Crippen LogP contribution >= 0.6 is 45.8 Å². The smallest absolute Gasteiger partial charge is 0.266 e. The topological polar surface area (TPSA) is 62.1 Å². The van der Waals surface area contributed by atoms with Crippen LogP contribution in [0.5, 0.6) is 5.75 Å². The summed E-state index contributed by atoms with van der Waals surface area (Å²) in [6.45, 7) is 0.341. The lowest BCUT2D eigenvalue weighted by Crippen LogP contribution is -2.14. The van der Waals surface area contributed by atoms with E-state index in [1.165, 1.54) is 6.08 Å². The second kappa shape index (κ2) is 10.5. The van der Waals surface area contributed by atoms with Gasteiger partial charge in [0.2, 0.25) is 0 Å². The summed E-state index contributed by atoms with van der Waals surface area (Å²) in [5, 5.41) is 13.2. The first-order valence-corrected chi connectivity index (χ1v) is 10.6. The van der Waals surface area contributed by atoms with Crippen molar-refractivity contribution in [3.05, 3.63) is 97.0 Å². The molecule has 0 fully saturated rings. The van der Waals surface area contributed by atoms with Crippen molar-refractivity contribution in [1.82, 2.24) is 0 Å². The number of rotatable bonds is 6. The van der Waals surface area contributed by atoms with Crippen molar-refractivity contribution in [2.45, 2.75) is 6.61 Å². The minimum Gasteiger partial charge on any atom is -0.487 e. The van der Waals surface area contributed by atoms with Gasteiger partial charge in [-0.3, -0.25) is 4.79 Å². The molecule has 0 bridgehead atoms. The SMILES string of the molecule is N#C/C(=C/c1ccc(OCc2ccc(Cl)cc2)c(Cl)c1)C(=O)Nc1ccccc1I. The van der Waals surface area contributed by atoms with Gasteiger partial charge in [0.25, 0.3) is 5.91 Å². The van der Waals surface area contributed by atoms with E-state index >= 15 is 0 Å². The van der Waals surface area contributed by atoms with Crippen LogP contribution in [0.3, 0.4) is 0 Å². The van der Waals surface area contributed by atoms with E-state index < -0.39 is 5.91 Å². The van der Waals surface area contributed by atoms with E-state index in [0.29, 0.717) is 33.7 Å². The molecule has 0 saturated carbocycles. The molecule has 0 spiro atoms. The molecule has 0 unspecified atom stereocenters. The number of carbonyl (C=O) groups excluding carboxylic acids is 1. The monoisotopic (exact) mass is 548 g/mol. The zero-order chi connectivity index (χ0) is 21.5. The summed E-state index contributed by atoms with van der Waals surface area (Å²) in [5.74, 6) is 0.0198. The molecule has 0 radical (unpaired) electrons. The number of hydrogen-bond acceptors (Lipinski definition) is 3. The molecule has 4 nitrogen and oxygen atoms in total. The van der Waals surface area contributed by atoms with Gasteiger partial charge in [-0.15, -0.1) is 0 Å². The van der Waals surface area contributed by atoms with Gasteiger partial charge in [-0.2, -0.15) is 5.26 Å². The first-order chi connectivity index (χ1) is 14.5. The molecule has 0 heterocycles. The number of benzene rings is 3. The number of nitrogens with zero attached hydrogens (tertiary/aromatic N) is 1. The Morgan fingerprint density at radius 3 is 2.50 bits per heavy atom. The lowest BCUT2D eigenvalue weighted by molar-refractivity contribution is -0.112. The third-order valence-electron chi connectivity index (χ3n) is 4.06. The maximum absolute atomic E-state index is 12.5. The van der Waals surface area contributed by atoms with Crippen molar-refractivity contribution >= 4 is 63.5 Å². The molecule has 3 aromatic carbocycles. The van der Waals surface area contributed by atoms with Gasteiger partial charge in [-0.25, -0.2) is 0 Å². The molecular formula is C23H15Cl2IN2O2. The van der Waals surface area contributed by atoms with Crippen molar-refractivity contribution in [2.75, 3.05) is 5.32 Å². The first kappa shape index (κ1) is 22.2. The molecule has 1 N–H and O–H groups in total. The van der Waals surface area contributed by atoms with Crippen LogP contribution in [-0.4, -0.2) is 5.91 Å². The van der Waals surface area contributed by atoms with Crippen molar-refractivity contribution in [2.24, 2.45) is 0 Å². The maximum Gasteiger partial charge on any atom is 0.266 e. The number of anilines is 1. The van der Waals surface area contributed by atoms with E-state index in [-0.39, 0.29) is 5.57 Å². The van der Waals surface area contributed by atoms with Crippen molar-refractivity contribution < 1.29 is 9.53 Å². The minimum absolute atomic E-state index is 0.0273. The number of hydrogen-bond donors (Lipinski definition) is 1. The van der Waals surface area contributed by atoms with Gasteiger partial charge in [0.15, 0.2) is 0 Å². The summed E-state index contributed by atoms with van der Waals surface area (Å²) in [6.07, 6.45) is 1.49. The summed E-state index contributed by atoms with van der Waals surface area (Å²) in [7, 11) is 0. The second-order valence-electron chi connectivity index (χ2n) is 6.21. The molecule has 7 heteroatoms. The Morgan fingerprint density at radius 1 is 1.10 bits per heavy atom. The van der Waals surface area contributed by atoms with Crippen LogP contribution in [0.2, 0.25) is 10.0 Å². The number of carbonyl (C=O) groups is 1. The van der Waals surface area contributed by atoms with Gasteiger partial charge in [-0.1, -0.05) is 53.5 Å². The van der Waals surface area contributed by atoms with Gasteiger partial charge in [0, 0.05) is 8.59 Å². The second-order valence-corrected chi connectivity index (χ2v) is 8.21. The van der Waals surface area contributed by atoms with Crippen molar-refractivity contribution in [3.8, 4) is 11.8 Å². The lowest BCUT2D eigenvalue weighted by Gasteiger charge is -2.09. The normalized spacial score (nSPS) is 10.9. The molecule has 1 amide bonds. The number of amides is 1. The van der Waals surface area contributed by atoms with E-state index in [0.717, 1.165) is 9.13 Å². The van der Waals surface area contributed by atoms with Gasteiger partial charge in [-0.05, 0) is 76.2 Å². The molecule has 0 atom stereocenters. The van der Waals surface area contributed by atoms with E-state index in [4.69, 9.17) is 27.9 Å². The summed E-state index contributed by atoms with van der Waals surface area (Å²) >= 11 is 14.3. The van der Waals surface area contributed by atoms with Crippen LogP contribution in [-0.2, 0) is 11.4 Å². The highest BCUT2D eigenvalue weighted by Gasteiger charge is 2.12. The number of halogens is 3. The van der Waals surface area contributed by atoms with Gasteiger partial charge < -0.3 is 10.1 Å². The molecule has 3 rings (SSSR count). The Bertz CT molecular complexity index is 1140. The number of para-hydroxylation sites is 1. The maximum atomic E-state index is 12.5. The van der Waals surface area contributed by atoms with Crippen LogP contribution in [0.1, 0.15) is 11.1 Å². The van der Waals surface area contributed by atoms with Crippen LogP contribution in [0.4, 0.5) is 5.69 Å². The molecule has 0 aromatic heterocycles. The highest BCUT2D eigenvalue weighted by atomic mass is 127. The number of nitriles is 1. The van der Waals surface area contributed by atoms with Crippen LogP contribution in [0.15, 0.2) is 72.3 Å². The summed E-state index contributed by atoms with van der Waals surface area (Å²) in [6, 6.07) is 21.7. The molecule has 0 aliphatic heterocycles. The molecule has 3 aromatic rings. The van der Waals surface area contributed by atoms with Crippen LogP contribution in [0, 0.1) is 14.9 Å². The van der Waals surface area contributed by atoms with E-state index in [1.807, 2.05) is 36.4 Å². The zero-order valence-electron chi connectivity index (χ0n) is 15.5. The Hall–Kier alpha value is -2.53. The Morgan fingerprint density at radius 2 is 1.83 bits per heavy atom. The van der Waals surface area contributed by atoms with Gasteiger partial charge in [0.1, 0.15) is 24.0 Å². The van der Waals surface area contributed by atoms with Crippen molar-refractivity contribution in [3.63, 3.8) is 0 Å². The first-order valence-electron chi connectivity index (χ1n) is 8.81. The Labute approximate surface area is 198 Å². The Balaban J connectivity index is 1.71. The predicted molar refractivity (Wildman–Crippen MR) is 129 cm³/mol.